The van der Waals surface area contributed by atoms with Gasteiger partial charge in [0.1, 0.15) is 4.90 Å². The van der Waals surface area contributed by atoms with Gasteiger partial charge in [0, 0.05) is 13.1 Å². The van der Waals surface area contributed by atoms with E-state index in [0.717, 1.165) is 12.1 Å². The molecule has 10 heteroatoms. The van der Waals surface area contributed by atoms with Crippen LogP contribution >= 0.6 is 11.6 Å². The molecule has 0 saturated carbocycles. The molecule has 2 aromatic carbocycles. The van der Waals surface area contributed by atoms with Crippen molar-refractivity contribution in [2.45, 2.75) is 11.1 Å². The van der Waals surface area contributed by atoms with E-state index in [4.69, 9.17) is 16.3 Å². The Bertz CT molecular complexity index is 929. The summed E-state index contributed by atoms with van der Waals surface area (Å²) in [5.41, 5.74) is -0.759. The van der Waals surface area contributed by atoms with Gasteiger partial charge in [0.25, 0.3) is 10.0 Å². The third-order valence-electron chi connectivity index (χ3n) is 4.05. The highest BCUT2D eigenvalue weighted by molar-refractivity contribution is 7.92. The number of alkyl halides is 3. The maximum absolute atomic E-state index is 13.1. The summed E-state index contributed by atoms with van der Waals surface area (Å²) >= 11 is 5.94. The number of benzene rings is 2. The molecule has 0 spiro atoms. The molecule has 1 fully saturated rings. The number of halogens is 4. The third-order valence-corrected chi connectivity index (χ3v) is 5.91. The van der Waals surface area contributed by atoms with E-state index in [1.807, 2.05) is 0 Å². The second kappa shape index (κ2) is 7.57. The number of nitrogens with zero attached hydrogens (tertiary/aromatic N) is 1. The molecule has 146 valence electrons. The van der Waals surface area contributed by atoms with E-state index in [1.54, 1.807) is 11.0 Å². The Kier molecular flexibility index (Phi) is 5.55. The molecule has 0 aliphatic carbocycles. The first-order chi connectivity index (χ1) is 12.7. The molecule has 2 aromatic rings. The van der Waals surface area contributed by atoms with Crippen LogP contribution in [0.2, 0.25) is 5.02 Å². The number of ether oxygens (including phenoxy) is 1. The number of hydrogen-bond acceptors (Lipinski definition) is 4. The number of morpholine rings is 1. The Hall–Kier alpha value is -1.97. The first-order valence-electron chi connectivity index (χ1n) is 8.00. The molecule has 1 saturated heterocycles. The van der Waals surface area contributed by atoms with Crippen molar-refractivity contribution < 1.29 is 26.3 Å². The lowest BCUT2D eigenvalue weighted by Crippen LogP contribution is -2.36. The second-order valence-corrected chi connectivity index (χ2v) is 7.92. The highest BCUT2D eigenvalue weighted by Crippen LogP contribution is 2.37. The number of nitrogens with one attached hydrogen (secondary N) is 1. The standard InChI is InChI=1S/C17H16ClF3N2O3S/c18-13-3-1-2-4-16(13)27(24,25)22-14-11-12(17(19,20)21)5-6-15(14)23-7-9-26-10-8-23/h1-6,11,22H,7-10H2. The lowest BCUT2D eigenvalue weighted by atomic mass is 10.1. The molecule has 1 N–H and O–H groups in total. The van der Waals surface area contributed by atoms with Crippen LogP contribution in [0.5, 0.6) is 0 Å². The fraction of sp³-hybridized carbons (Fsp3) is 0.294. The summed E-state index contributed by atoms with van der Waals surface area (Å²) in [5.74, 6) is 0. The summed E-state index contributed by atoms with van der Waals surface area (Å²) in [5, 5.41) is -0.0232. The van der Waals surface area contributed by atoms with E-state index in [0.29, 0.717) is 32.0 Å². The highest BCUT2D eigenvalue weighted by atomic mass is 35.5. The van der Waals surface area contributed by atoms with Gasteiger partial charge in [-0.1, -0.05) is 23.7 Å². The average Bonchev–Trinajstić information content (AvgIpc) is 2.61. The Labute approximate surface area is 159 Å². The SMILES string of the molecule is O=S(=O)(Nc1cc(C(F)(F)F)ccc1N1CCOCC1)c1ccccc1Cl. The fourth-order valence-electron chi connectivity index (χ4n) is 2.74. The highest BCUT2D eigenvalue weighted by Gasteiger charge is 2.32. The van der Waals surface area contributed by atoms with Crippen LogP contribution in [0.4, 0.5) is 24.5 Å². The van der Waals surface area contributed by atoms with E-state index >= 15 is 0 Å². The fourth-order valence-corrected chi connectivity index (χ4v) is 4.32. The van der Waals surface area contributed by atoms with Gasteiger partial charge in [0.15, 0.2) is 0 Å². The summed E-state index contributed by atoms with van der Waals surface area (Å²) in [7, 11) is -4.17. The van der Waals surface area contributed by atoms with Crippen LogP contribution in [0.15, 0.2) is 47.4 Å². The minimum Gasteiger partial charge on any atom is -0.378 e. The molecular formula is C17H16ClF3N2O3S. The van der Waals surface area contributed by atoms with Crippen LogP contribution in [0, 0.1) is 0 Å². The van der Waals surface area contributed by atoms with E-state index < -0.39 is 21.8 Å². The van der Waals surface area contributed by atoms with Gasteiger partial charge in [-0.05, 0) is 30.3 Å². The molecule has 0 aromatic heterocycles. The van der Waals surface area contributed by atoms with Gasteiger partial charge in [-0.2, -0.15) is 13.2 Å². The molecule has 0 amide bonds. The van der Waals surface area contributed by atoms with E-state index in [9.17, 15) is 21.6 Å². The van der Waals surface area contributed by atoms with Crippen LogP contribution in [0.3, 0.4) is 0 Å². The summed E-state index contributed by atoms with van der Waals surface area (Å²) < 4.78 is 72.3. The van der Waals surface area contributed by atoms with Gasteiger partial charge in [0.2, 0.25) is 0 Å². The average molecular weight is 421 g/mol. The molecule has 27 heavy (non-hydrogen) atoms. The monoisotopic (exact) mass is 420 g/mol. The van der Waals surface area contributed by atoms with Gasteiger partial charge in [-0.25, -0.2) is 8.42 Å². The van der Waals surface area contributed by atoms with Crippen molar-refractivity contribution in [2.75, 3.05) is 35.9 Å². The molecule has 1 aliphatic rings. The molecule has 5 nitrogen and oxygen atoms in total. The van der Waals surface area contributed by atoms with Crippen molar-refractivity contribution in [3.05, 3.63) is 53.1 Å². The van der Waals surface area contributed by atoms with Crippen molar-refractivity contribution in [1.29, 1.82) is 0 Å². The zero-order valence-electron chi connectivity index (χ0n) is 14.0. The molecule has 0 atom stereocenters. The Morgan fingerprint density at radius 2 is 1.74 bits per heavy atom. The van der Waals surface area contributed by atoms with Gasteiger partial charge < -0.3 is 9.64 Å². The van der Waals surface area contributed by atoms with Crippen LogP contribution < -0.4 is 9.62 Å². The van der Waals surface area contributed by atoms with E-state index in [2.05, 4.69) is 4.72 Å². The third kappa shape index (κ3) is 4.48. The summed E-state index contributed by atoms with van der Waals surface area (Å²) in [6, 6.07) is 8.70. The smallest absolute Gasteiger partial charge is 0.378 e. The van der Waals surface area contributed by atoms with Crippen molar-refractivity contribution in [3.63, 3.8) is 0 Å². The molecule has 1 heterocycles. The van der Waals surface area contributed by atoms with Crippen molar-refractivity contribution in [1.82, 2.24) is 0 Å². The Balaban J connectivity index is 2.04. The largest absolute Gasteiger partial charge is 0.416 e. The molecule has 1 aliphatic heterocycles. The summed E-state index contributed by atoms with van der Waals surface area (Å²) in [4.78, 5) is 1.56. The quantitative estimate of drug-likeness (QED) is 0.812. The predicted octanol–water partition coefficient (Wildman–Crippen LogP) is 4.00. The van der Waals surface area contributed by atoms with Gasteiger partial charge in [-0.3, -0.25) is 4.72 Å². The number of anilines is 2. The number of rotatable bonds is 4. The number of hydrogen-bond donors (Lipinski definition) is 1. The lowest BCUT2D eigenvalue weighted by molar-refractivity contribution is -0.137. The minimum atomic E-state index is -4.60. The minimum absolute atomic E-state index is 0.0232. The molecule has 0 radical (unpaired) electrons. The van der Waals surface area contributed by atoms with Gasteiger partial charge >= 0.3 is 6.18 Å². The van der Waals surface area contributed by atoms with Crippen molar-refractivity contribution in [3.8, 4) is 0 Å². The van der Waals surface area contributed by atoms with Crippen LogP contribution in [0.25, 0.3) is 0 Å². The van der Waals surface area contributed by atoms with E-state index in [1.165, 1.54) is 24.3 Å². The van der Waals surface area contributed by atoms with E-state index in [-0.39, 0.29) is 15.6 Å². The normalized spacial score (nSPS) is 15.6. The Morgan fingerprint density at radius 1 is 1.07 bits per heavy atom. The second-order valence-electron chi connectivity index (χ2n) is 5.87. The summed E-state index contributed by atoms with van der Waals surface area (Å²) in [6.07, 6.45) is -4.60. The Morgan fingerprint density at radius 3 is 2.37 bits per heavy atom. The van der Waals surface area contributed by atoms with Gasteiger partial charge in [-0.15, -0.1) is 0 Å². The topological polar surface area (TPSA) is 58.6 Å². The number of sulfonamides is 1. The molecule has 3 rings (SSSR count). The lowest BCUT2D eigenvalue weighted by Gasteiger charge is -2.31. The van der Waals surface area contributed by atoms with Crippen molar-refractivity contribution in [2.24, 2.45) is 0 Å². The van der Waals surface area contributed by atoms with Crippen LogP contribution in [-0.4, -0.2) is 34.7 Å². The van der Waals surface area contributed by atoms with Crippen LogP contribution in [-0.2, 0) is 20.9 Å². The maximum atomic E-state index is 13.1. The van der Waals surface area contributed by atoms with Crippen molar-refractivity contribution >= 4 is 33.0 Å². The summed E-state index contributed by atoms with van der Waals surface area (Å²) in [6.45, 7) is 1.67. The first-order valence-corrected chi connectivity index (χ1v) is 9.86. The van der Waals surface area contributed by atoms with Gasteiger partial charge in [0.05, 0.1) is 35.2 Å². The zero-order valence-corrected chi connectivity index (χ0v) is 15.5. The zero-order chi connectivity index (χ0) is 19.7. The predicted molar refractivity (Wildman–Crippen MR) is 96.7 cm³/mol. The van der Waals surface area contributed by atoms with Crippen LogP contribution in [0.1, 0.15) is 5.56 Å². The molecular weight excluding hydrogens is 405 g/mol. The molecule has 0 bridgehead atoms. The molecule has 0 unspecified atom stereocenters. The first kappa shape index (κ1) is 19.8. The maximum Gasteiger partial charge on any atom is 0.416 e.